The normalized spacial score (nSPS) is 14.9. The summed E-state index contributed by atoms with van der Waals surface area (Å²) in [6, 6.07) is 11.0. The number of nitrogens with one attached hydrogen (secondary N) is 1. The number of hydrogen-bond donors (Lipinski definition) is 1. The minimum absolute atomic E-state index is 0.0517. The summed E-state index contributed by atoms with van der Waals surface area (Å²) in [5.74, 6) is -0.239. The van der Waals surface area contributed by atoms with Gasteiger partial charge in [-0.05, 0) is 38.3 Å². The van der Waals surface area contributed by atoms with Gasteiger partial charge in [0.1, 0.15) is 6.04 Å². The van der Waals surface area contributed by atoms with E-state index in [1.807, 2.05) is 50.2 Å². The largest absolute Gasteiger partial charge is 0.352 e. The smallest absolute Gasteiger partial charge is 0.259 e. The van der Waals surface area contributed by atoms with Gasteiger partial charge >= 0.3 is 0 Å². The zero-order valence-corrected chi connectivity index (χ0v) is 12.4. The monoisotopic (exact) mass is 282 g/mol. The van der Waals surface area contributed by atoms with E-state index < -0.39 is 6.04 Å². The van der Waals surface area contributed by atoms with Crippen molar-refractivity contribution in [2.45, 2.75) is 32.9 Å². The first-order valence-electron chi connectivity index (χ1n) is 7.16. The van der Waals surface area contributed by atoms with Crippen molar-refractivity contribution in [3.8, 4) is 0 Å². The predicted molar refractivity (Wildman–Crippen MR) is 83.5 cm³/mol. The minimum atomic E-state index is -0.530. The van der Waals surface area contributed by atoms with Crippen molar-refractivity contribution >= 4 is 28.3 Å². The third-order valence-corrected chi connectivity index (χ3v) is 3.79. The van der Waals surface area contributed by atoms with Gasteiger partial charge in [-0.25, -0.2) is 0 Å². The van der Waals surface area contributed by atoms with Crippen LogP contribution in [0.4, 0.5) is 5.69 Å². The van der Waals surface area contributed by atoms with E-state index in [2.05, 4.69) is 5.32 Å². The summed E-state index contributed by atoms with van der Waals surface area (Å²) in [7, 11) is 0. The van der Waals surface area contributed by atoms with Crippen LogP contribution in [-0.2, 0) is 4.79 Å². The third-order valence-electron chi connectivity index (χ3n) is 3.79. The Hall–Kier alpha value is -2.36. The Kier molecular flexibility index (Phi) is 3.16. The van der Waals surface area contributed by atoms with Crippen molar-refractivity contribution in [3.05, 3.63) is 42.0 Å². The molecule has 2 amide bonds. The first-order chi connectivity index (χ1) is 10.0. The van der Waals surface area contributed by atoms with Crippen LogP contribution in [0.1, 0.15) is 31.1 Å². The fourth-order valence-electron chi connectivity index (χ4n) is 2.85. The van der Waals surface area contributed by atoms with Crippen molar-refractivity contribution < 1.29 is 9.59 Å². The molecule has 0 aromatic heterocycles. The van der Waals surface area contributed by atoms with Gasteiger partial charge in [-0.3, -0.25) is 14.5 Å². The van der Waals surface area contributed by atoms with Crippen molar-refractivity contribution in [2.24, 2.45) is 0 Å². The van der Waals surface area contributed by atoms with E-state index >= 15 is 0 Å². The Bertz CT molecular complexity index is 731. The Morgan fingerprint density at radius 1 is 1.10 bits per heavy atom. The van der Waals surface area contributed by atoms with Crippen molar-refractivity contribution in [1.82, 2.24) is 5.32 Å². The van der Waals surface area contributed by atoms with E-state index in [4.69, 9.17) is 0 Å². The van der Waals surface area contributed by atoms with E-state index in [1.54, 1.807) is 11.8 Å². The second-order valence-corrected chi connectivity index (χ2v) is 5.70. The zero-order chi connectivity index (χ0) is 15.1. The molecule has 2 aromatic carbocycles. The highest BCUT2D eigenvalue weighted by atomic mass is 16.2. The summed E-state index contributed by atoms with van der Waals surface area (Å²) < 4.78 is 0. The Balaban J connectivity index is 2.05. The van der Waals surface area contributed by atoms with Crippen LogP contribution in [0.5, 0.6) is 0 Å². The fraction of sp³-hybridized carbons (Fsp3) is 0.294. The summed E-state index contributed by atoms with van der Waals surface area (Å²) >= 11 is 0. The first kappa shape index (κ1) is 13.6. The van der Waals surface area contributed by atoms with Crippen LogP contribution in [0.15, 0.2) is 36.4 Å². The molecule has 0 spiro atoms. The number of rotatable bonds is 3. The van der Waals surface area contributed by atoms with E-state index in [-0.39, 0.29) is 17.9 Å². The van der Waals surface area contributed by atoms with Crippen molar-refractivity contribution in [2.75, 3.05) is 4.90 Å². The molecule has 4 nitrogen and oxygen atoms in total. The van der Waals surface area contributed by atoms with Crippen molar-refractivity contribution in [1.29, 1.82) is 0 Å². The molecule has 0 aliphatic carbocycles. The summed E-state index contributed by atoms with van der Waals surface area (Å²) in [4.78, 5) is 26.5. The summed E-state index contributed by atoms with van der Waals surface area (Å²) in [5, 5.41) is 4.83. The molecule has 0 saturated carbocycles. The van der Waals surface area contributed by atoms with Gasteiger partial charge in [0.15, 0.2) is 0 Å². The summed E-state index contributed by atoms with van der Waals surface area (Å²) in [6.07, 6.45) is 0. The van der Waals surface area contributed by atoms with Gasteiger partial charge in [-0.2, -0.15) is 0 Å². The highest BCUT2D eigenvalue weighted by Gasteiger charge is 2.35. The van der Waals surface area contributed by atoms with Gasteiger partial charge in [0.25, 0.3) is 5.91 Å². The van der Waals surface area contributed by atoms with Crippen LogP contribution < -0.4 is 10.2 Å². The molecule has 1 N–H and O–H groups in total. The van der Waals surface area contributed by atoms with Gasteiger partial charge in [0, 0.05) is 17.0 Å². The van der Waals surface area contributed by atoms with Crippen molar-refractivity contribution in [3.63, 3.8) is 0 Å². The van der Waals surface area contributed by atoms with Gasteiger partial charge < -0.3 is 5.32 Å². The molecule has 0 bridgehead atoms. The van der Waals surface area contributed by atoms with Crippen LogP contribution in [0.3, 0.4) is 0 Å². The Morgan fingerprint density at radius 3 is 2.43 bits per heavy atom. The second-order valence-electron chi connectivity index (χ2n) is 5.70. The molecule has 3 rings (SSSR count). The molecule has 2 aromatic rings. The lowest BCUT2D eigenvalue weighted by Gasteiger charge is -2.25. The molecule has 1 aliphatic heterocycles. The standard InChI is InChI=1S/C17H18N2O2/c1-10(2)18-16(20)11(3)19-14-9-5-7-12-6-4-8-13(15(12)14)17(19)21/h4-11H,1-3H3,(H,18,20)/t11-/m1/s1. The van der Waals surface area contributed by atoms with Crippen LogP contribution in [0, 0.1) is 0 Å². The van der Waals surface area contributed by atoms with E-state index in [9.17, 15) is 9.59 Å². The number of benzene rings is 2. The maximum absolute atomic E-state index is 12.7. The Morgan fingerprint density at radius 2 is 1.76 bits per heavy atom. The van der Waals surface area contributed by atoms with Gasteiger partial charge in [0.05, 0.1) is 5.69 Å². The molecule has 1 atom stereocenters. The number of anilines is 1. The van der Waals surface area contributed by atoms with Crippen LogP contribution in [-0.4, -0.2) is 23.9 Å². The molecule has 108 valence electrons. The highest BCUT2D eigenvalue weighted by Crippen LogP contribution is 2.38. The molecule has 0 fully saturated rings. The predicted octanol–water partition coefficient (Wildman–Crippen LogP) is 2.71. The third kappa shape index (κ3) is 2.07. The first-order valence-corrected chi connectivity index (χ1v) is 7.16. The van der Waals surface area contributed by atoms with Gasteiger partial charge in [-0.1, -0.05) is 24.3 Å². The highest BCUT2D eigenvalue weighted by molar-refractivity contribution is 6.26. The molecular weight excluding hydrogens is 264 g/mol. The molecule has 0 unspecified atom stereocenters. The summed E-state index contributed by atoms with van der Waals surface area (Å²) in [5.41, 5.74) is 1.49. The number of nitrogens with zero attached hydrogens (tertiary/aromatic N) is 1. The quantitative estimate of drug-likeness (QED) is 0.941. The average Bonchev–Trinajstić information content (AvgIpc) is 2.73. The lowest BCUT2D eigenvalue weighted by Crippen LogP contribution is -2.48. The fourth-order valence-corrected chi connectivity index (χ4v) is 2.85. The molecule has 0 radical (unpaired) electrons. The minimum Gasteiger partial charge on any atom is -0.352 e. The van der Waals surface area contributed by atoms with Gasteiger partial charge in [-0.15, -0.1) is 0 Å². The zero-order valence-electron chi connectivity index (χ0n) is 12.4. The lowest BCUT2D eigenvalue weighted by atomic mass is 10.1. The number of amides is 2. The van der Waals surface area contributed by atoms with E-state index in [1.165, 1.54) is 0 Å². The number of carbonyl (C=O) groups excluding carboxylic acids is 2. The van der Waals surface area contributed by atoms with Crippen LogP contribution in [0.25, 0.3) is 10.8 Å². The summed E-state index contributed by atoms with van der Waals surface area (Å²) in [6.45, 7) is 5.58. The van der Waals surface area contributed by atoms with Gasteiger partial charge in [0.2, 0.25) is 5.91 Å². The molecule has 21 heavy (non-hydrogen) atoms. The van der Waals surface area contributed by atoms with E-state index in [0.29, 0.717) is 5.56 Å². The maximum atomic E-state index is 12.7. The second kappa shape index (κ2) is 4.88. The molecule has 4 heteroatoms. The Labute approximate surface area is 123 Å². The topological polar surface area (TPSA) is 49.4 Å². The molecular formula is C17H18N2O2. The van der Waals surface area contributed by atoms with Crippen LogP contribution in [0.2, 0.25) is 0 Å². The van der Waals surface area contributed by atoms with E-state index in [0.717, 1.165) is 16.5 Å². The van der Waals surface area contributed by atoms with Crippen LogP contribution >= 0.6 is 0 Å². The number of carbonyl (C=O) groups is 2. The SMILES string of the molecule is CC(C)NC(=O)[C@@H](C)N1C(=O)c2cccc3cccc1c23. The maximum Gasteiger partial charge on any atom is 0.259 e. The molecule has 1 aliphatic rings. The average molecular weight is 282 g/mol. The molecule has 1 heterocycles. The number of hydrogen-bond acceptors (Lipinski definition) is 2. The molecule has 0 saturated heterocycles. The lowest BCUT2D eigenvalue weighted by molar-refractivity contribution is -0.122.